The van der Waals surface area contributed by atoms with Gasteiger partial charge in [0.1, 0.15) is 5.76 Å². The van der Waals surface area contributed by atoms with Gasteiger partial charge in [-0.1, -0.05) is 11.6 Å². The summed E-state index contributed by atoms with van der Waals surface area (Å²) in [5.74, 6) is 1.71. The topological polar surface area (TPSA) is 52.0 Å². The van der Waals surface area contributed by atoms with Crippen LogP contribution in [-0.2, 0) is 6.42 Å². The van der Waals surface area contributed by atoms with Crippen molar-refractivity contribution in [3.63, 3.8) is 0 Å². The Morgan fingerprint density at radius 1 is 1.58 bits per heavy atom. The predicted octanol–water partition coefficient (Wildman–Crippen LogP) is 1.44. The van der Waals surface area contributed by atoms with Gasteiger partial charge in [-0.2, -0.15) is 0 Å². The zero-order valence-electron chi connectivity index (χ0n) is 7.12. The van der Waals surface area contributed by atoms with E-state index in [4.69, 9.17) is 10.3 Å². The van der Waals surface area contributed by atoms with Gasteiger partial charge in [-0.25, -0.2) is 0 Å². The summed E-state index contributed by atoms with van der Waals surface area (Å²) in [6, 6.07) is 0. The first-order valence-corrected chi connectivity index (χ1v) is 4.55. The van der Waals surface area contributed by atoms with E-state index in [1.54, 1.807) is 0 Å². The lowest BCUT2D eigenvalue weighted by Crippen LogP contribution is -2.11. The van der Waals surface area contributed by atoms with E-state index in [-0.39, 0.29) is 0 Å². The van der Waals surface area contributed by atoms with E-state index in [9.17, 15) is 0 Å². The van der Waals surface area contributed by atoms with E-state index >= 15 is 0 Å². The quantitative estimate of drug-likeness (QED) is 0.739. The zero-order valence-corrected chi connectivity index (χ0v) is 7.12. The minimum atomic E-state index is 0.648. The van der Waals surface area contributed by atoms with Crippen molar-refractivity contribution in [1.29, 1.82) is 0 Å². The molecule has 1 fully saturated rings. The molecule has 12 heavy (non-hydrogen) atoms. The number of rotatable bonds is 3. The van der Waals surface area contributed by atoms with Crippen LogP contribution in [-0.4, -0.2) is 11.7 Å². The van der Waals surface area contributed by atoms with Gasteiger partial charge in [-0.05, 0) is 25.3 Å². The van der Waals surface area contributed by atoms with Crippen LogP contribution < -0.4 is 5.73 Å². The second kappa shape index (κ2) is 3.27. The Labute approximate surface area is 71.9 Å². The molecule has 0 spiro atoms. The van der Waals surface area contributed by atoms with E-state index in [0.29, 0.717) is 12.5 Å². The first kappa shape index (κ1) is 7.80. The third-order valence-electron chi connectivity index (χ3n) is 2.59. The molecule has 1 aromatic rings. The first-order chi connectivity index (χ1) is 5.92. The Morgan fingerprint density at radius 2 is 2.42 bits per heavy atom. The average molecular weight is 166 g/mol. The van der Waals surface area contributed by atoms with Gasteiger partial charge in [0, 0.05) is 12.0 Å². The number of nitrogens with two attached hydrogens (primary N) is 1. The maximum Gasteiger partial charge on any atom is 0.141 e. The summed E-state index contributed by atoms with van der Waals surface area (Å²) in [6.45, 7) is 0.648. The third kappa shape index (κ3) is 1.25. The molecular weight excluding hydrogens is 152 g/mol. The molecule has 3 heteroatoms. The van der Waals surface area contributed by atoms with Crippen LogP contribution >= 0.6 is 0 Å². The van der Waals surface area contributed by atoms with Crippen molar-refractivity contribution in [3.05, 3.63) is 17.5 Å². The number of hydrogen-bond acceptors (Lipinski definition) is 3. The smallest absolute Gasteiger partial charge is 0.141 e. The van der Waals surface area contributed by atoms with Crippen molar-refractivity contribution in [2.45, 2.75) is 31.6 Å². The lowest BCUT2D eigenvalue weighted by molar-refractivity contribution is 0.370. The SMILES string of the molecule is NCCc1oncc1C1CCC1. The molecule has 0 saturated heterocycles. The van der Waals surface area contributed by atoms with Crippen LogP contribution in [0, 0.1) is 0 Å². The van der Waals surface area contributed by atoms with Crippen LogP contribution in [0.4, 0.5) is 0 Å². The van der Waals surface area contributed by atoms with Crippen molar-refractivity contribution < 1.29 is 4.52 Å². The fraction of sp³-hybridized carbons (Fsp3) is 0.667. The van der Waals surface area contributed by atoms with Crippen molar-refractivity contribution in [2.24, 2.45) is 5.73 Å². The Morgan fingerprint density at radius 3 is 3.00 bits per heavy atom. The Bertz CT molecular complexity index is 253. The second-order valence-corrected chi connectivity index (χ2v) is 3.37. The molecule has 0 amide bonds. The normalized spacial score (nSPS) is 17.8. The fourth-order valence-corrected chi connectivity index (χ4v) is 1.64. The molecule has 0 aromatic carbocycles. The summed E-state index contributed by atoms with van der Waals surface area (Å²) in [5, 5.41) is 3.81. The molecule has 1 aliphatic rings. The van der Waals surface area contributed by atoms with Crippen LogP contribution in [0.25, 0.3) is 0 Å². The number of hydrogen-bond donors (Lipinski definition) is 1. The average Bonchev–Trinajstić information content (AvgIpc) is 2.35. The van der Waals surface area contributed by atoms with E-state index in [0.717, 1.165) is 12.2 Å². The summed E-state index contributed by atoms with van der Waals surface area (Å²) >= 11 is 0. The summed E-state index contributed by atoms with van der Waals surface area (Å²) in [5.41, 5.74) is 6.76. The minimum absolute atomic E-state index is 0.648. The minimum Gasteiger partial charge on any atom is -0.361 e. The number of nitrogens with zero attached hydrogens (tertiary/aromatic N) is 1. The van der Waals surface area contributed by atoms with Crippen molar-refractivity contribution in [1.82, 2.24) is 5.16 Å². The van der Waals surface area contributed by atoms with Gasteiger partial charge in [0.2, 0.25) is 0 Å². The van der Waals surface area contributed by atoms with E-state index in [1.807, 2.05) is 6.20 Å². The largest absolute Gasteiger partial charge is 0.361 e. The molecular formula is C9H14N2O. The van der Waals surface area contributed by atoms with Gasteiger partial charge in [-0.3, -0.25) is 0 Å². The molecule has 0 bridgehead atoms. The Hall–Kier alpha value is -0.830. The maximum absolute atomic E-state index is 5.46. The molecule has 66 valence electrons. The number of aromatic nitrogens is 1. The highest BCUT2D eigenvalue weighted by Crippen LogP contribution is 2.37. The summed E-state index contributed by atoms with van der Waals surface area (Å²) in [6.07, 6.45) is 6.61. The van der Waals surface area contributed by atoms with E-state index < -0.39 is 0 Å². The molecule has 1 saturated carbocycles. The first-order valence-electron chi connectivity index (χ1n) is 4.55. The summed E-state index contributed by atoms with van der Waals surface area (Å²) < 4.78 is 5.13. The molecule has 0 aliphatic heterocycles. The molecule has 0 unspecified atom stereocenters. The van der Waals surface area contributed by atoms with E-state index in [1.165, 1.54) is 24.8 Å². The van der Waals surface area contributed by atoms with Crippen molar-refractivity contribution in [2.75, 3.05) is 6.54 Å². The van der Waals surface area contributed by atoms with E-state index in [2.05, 4.69) is 5.16 Å². The van der Waals surface area contributed by atoms with Gasteiger partial charge < -0.3 is 10.3 Å². The van der Waals surface area contributed by atoms with Gasteiger partial charge in [0.05, 0.1) is 6.20 Å². The zero-order chi connectivity index (χ0) is 8.39. The summed E-state index contributed by atoms with van der Waals surface area (Å²) in [7, 11) is 0. The Kier molecular flexibility index (Phi) is 2.13. The molecule has 0 atom stereocenters. The molecule has 3 nitrogen and oxygen atoms in total. The van der Waals surface area contributed by atoms with Crippen LogP contribution in [0.15, 0.2) is 10.7 Å². The van der Waals surface area contributed by atoms with Gasteiger partial charge in [0.25, 0.3) is 0 Å². The second-order valence-electron chi connectivity index (χ2n) is 3.37. The Balaban J connectivity index is 2.12. The van der Waals surface area contributed by atoms with Crippen LogP contribution in [0.2, 0.25) is 0 Å². The standard InChI is InChI=1S/C9H14N2O/c10-5-4-9-8(6-11-12-9)7-2-1-3-7/h6-7H,1-5,10H2. The fourth-order valence-electron chi connectivity index (χ4n) is 1.64. The molecule has 1 aliphatic carbocycles. The highest BCUT2D eigenvalue weighted by atomic mass is 16.5. The molecule has 1 heterocycles. The predicted molar refractivity (Wildman–Crippen MR) is 45.9 cm³/mol. The molecule has 2 N–H and O–H groups in total. The van der Waals surface area contributed by atoms with Crippen LogP contribution in [0.1, 0.15) is 36.5 Å². The van der Waals surface area contributed by atoms with Gasteiger partial charge >= 0.3 is 0 Å². The highest BCUT2D eigenvalue weighted by Gasteiger charge is 2.24. The van der Waals surface area contributed by atoms with Crippen LogP contribution in [0.3, 0.4) is 0 Å². The summed E-state index contributed by atoms with van der Waals surface area (Å²) in [4.78, 5) is 0. The van der Waals surface area contributed by atoms with Crippen molar-refractivity contribution >= 4 is 0 Å². The molecule has 0 radical (unpaired) electrons. The molecule has 2 rings (SSSR count). The van der Waals surface area contributed by atoms with Gasteiger partial charge in [-0.15, -0.1) is 0 Å². The monoisotopic (exact) mass is 166 g/mol. The van der Waals surface area contributed by atoms with Gasteiger partial charge in [0.15, 0.2) is 0 Å². The maximum atomic E-state index is 5.46. The molecule has 1 aromatic heterocycles. The lowest BCUT2D eigenvalue weighted by atomic mass is 9.80. The lowest BCUT2D eigenvalue weighted by Gasteiger charge is -2.24. The van der Waals surface area contributed by atoms with Crippen LogP contribution in [0.5, 0.6) is 0 Å². The van der Waals surface area contributed by atoms with Crippen molar-refractivity contribution in [3.8, 4) is 0 Å². The highest BCUT2D eigenvalue weighted by molar-refractivity contribution is 5.21. The third-order valence-corrected chi connectivity index (χ3v) is 2.59.